The number of carbonyl (C=O) groups excluding carboxylic acids is 1. The molecule has 0 saturated carbocycles. The predicted molar refractivity (Wildman–Crippen MR) is 109 cm³/mol. The van der Waals surface area contributed by atoms with Crippen molar-refractivity contribution >= 4 is 51.6 Å². The van der Waals surface area contributed by atoms with Crippen molar-refractivity contribution in [3.05, 3.63) is 75.8 Å². The second kappa shape index (κ2) is 8.13. The molecule has 27 heavy (non-hydrogen) atoms. The molecule has 1 amide bonds. The summed E-state index contributed by atoms with van der Waals surface area (Å²) in [4.78, 5) is 12.6. The summed E-state index contributed by atoms with van der Waals surface area (Å²) >= 11 is 12.1. The van der Waals surface area contributed by atoms with Crippen molar-refractivity contribution in [3.8, 4) is 11.8 Å². The molecular weight excluding hydrogens is 383 g/mol. The Morgan fingerprint density at radius 1 is 1.11 bits per heavy atom. The highest BCUT2D eigenvalue weighted by molar-refractivity contribution is 6.44. The number of hydrogen-bond acceptors (Lipinski definition) is 3. The Balaban J connectivity index is 2.04. The lowest BCUT2D eigenvalue weighted by Crippen LogP contribution is -2.14. The first-order valence-electron chi connectivity index (χ1n) is 7.98. The van der Waals surface area contributed by atoms with Crippen LogP contribution < -0.4 is 10.1 Å². The summed E-state index contributed by atoms with van der Waals surface area (Å²) in [5.74, 6) is -0.0216. The molecule has 134 valence electrons. The van der Waals surface area contributed by atoms with Crippen molar-refractivity contribution in [1.29, 1.82) is 5.26 Å². The van der Waals surface area contributed by atoms with Gasteiger partial charge in [0.05, 0.1) is 22.8 Å². The Bertz CT molecular complexity index is 1100. The molecule has 4 nitrogen and oxygen atoms in total. The van der Waals surface area contributed by atoms with Gasteiger partial charge in [-0.3, -0.25) is 4.79 Å². The number of methoxy groups -OCH3 is 1. The molecule has 3 aromatic carbocycles. The van der Waals surface area contributed by atoms with Gasteiger partial charge in [-0.1, -0.05) is 59.6 Å². The number of ether oxygens (including phenoxy) is 1. The molecule has 0 spiro atoms. The maximum Gasteiger partial charge on any atom is 0.266 e. The van der Waals surface area contributed by atoms with Gasteiger partial charge < -0.3 is 10.1 Å². The molecule has 0 fully saturated rings. The molecule has 0 saturated heterocycles. The van der Waals surface area contributed by atoms with E-state index in [1.165, 1.54) is 6.08 Å². The van der Waals surface area contributed by atoms with Gasteiger partial charge in [-0.25, -0.2) is 0 Å². The second-order valence-electron chi connectivity index (χ2n) is 5.63. The van der Waals surface area contributed by atoms with E-state index in [0.717, 1.165) is 10.8 Å². The van der Waals surface area contributed by atoms with Crippen LogP contribution in [0.4, 0.5) is 5.69 Å². The van der Waals surface area contributed by atoms with Crippen molar-refractivity contribution in [2.24, 2.45) is 0 Å². The molecule has 3 rings (SSSR count). The molecule has 6 heteroatoms. The van der Waals surface area contributed by atoms with Crippen molar-refractivity contribution in [2.45, 2.75) is 0 Å². The highest BCUT2D eigenvalue weighted by Gasteiger charge is 2.15. The van der Waals surface area contributed by atoms with E-state index in [0.29, 0.717) is 22.0 Å². The van der Waals surface area contributed by atoms with Gasteiger partial charge in [0.15, 0.2) is 0 Å². The minimum atomic E-state index is -0.586. The molecule has 0 aliphatic carbocycles. The first-order valence-corrected chi connectivity index (χ1v) is 8.73. The number of fused-ring (bicyclic) bond motifs is 1. The Hall–Kier alpha value is -3.00. The average molecular weight is 397 g/mol. The number of benzene rings is 3. The van der Waals surface area contributed by atoms with E-state index in [4.69, 9.17) is 27.9 Å². The van der Waals surface area contributed by atoms with Crippen molar-refractivity contribution < 1.29 is 9.53 Å². The fourth-order valence-electron chi connectivity index (χ4n) is 2.69. The maximum atomic E-state index is 12.6. The molecule has 0 unspecified atom stereocenters. The first kappa shape index (κ1) is 18.8. The summed E-state index contributed by atoms with van der Waals surface area (Å²) in [6.07, 6.45) is 1.51. The number of anilines is 1. The number of rotatable bonds is 4. The lowest BCUT2D eigenvalue weighted by atomic mass is 10.0. The van der Waals surface area contributed by atoms with E-state index in [9.17, 15) is 10.1 Å². The normalized spacial score (nSPS) is 11.1. The molecule has 0 radical (unpaired) electrons. The summed E-state index contributed by atoms with van der Waals surface area (Å²) in [5.41, 5.74) is 0.903. The van der Waals surface area contributed by atoms with E-state index in [-0.39, 0.29) is 10.6 Å². The lowest BCUT2D eigenvalue weighted by molar-refractivity contribution is -0.112. The van der Waals surface area contributed by atoms with Crippen LogP contribution in [0.15, 0.2) is 60.2 Å². The topological polar surface area (TPSA) is 62.1 Å². The molecule has 3 aromatic rings. The summed E-state index contributed by atoms with van der Waals surface area (Å²) in [6, 6.07) is 18.2. The first-order chi connectivity index (χ1) is 13.0. The Morgan fingerprint density at radius 2 is 1.89 bits per heavy atom. The minimum absolute atomic E-state index is 0.0827. The van der Waals surface area contributed by atoms with E-state index in [2.05, 4.69) is 5.32 Å². The number of nitrogens with one attached hydrogen (secondary N) is 1. The molecule has 0 heterocycles. The molecule has 0 aliphatic rings. The molecular formula is C21H14Cl2N2O2. The van der Waals surface area contributed by atoms with Gasteiger partial charge in [0, 0.05) is 5.56 Å². The maximum absolute atomic E-state index is 12.6. The Labute approximate surface area is 166 Å². The number of nitrogens with zero attached hydrogens (tertiary/aromatic N) is 1. The van der Waals surface area contributed by atoms with E-state index < -0.39 is 5.91 Å². The molecule has 0 atom stereocenters. The summed E-state index contributed by atoms with van der Waals surface area (Å²) in [7, 11) is 1.54. The van der Waals surface area contributed by atoms with Gasteiger partial charge in [-0.05, 0) is 35.0 Å². The highest BCUT2D eigenvalue weighted by Crippen LogP contribution is 2.32. The van der Waals surface area contributed by atoms with Crippen LogP contribution in [0.5, 0.6) is 5.75 Å². The minimum Gasteiger partial charge on any atom is -0.496 e. The largest absolute Gasteiger partial charge is 0.496 e. The van der Waals surface area contributed by atoms with Crippen LogP contribution in [0.25, 0.3) is 16.8 Å². The third-order valence-electron chi connectivity index (χ3n) is 4.00. The predicted octanol–water partition coefficient (Wildman–Crippen LogP) is 5.70. The Kier molecular flexibility index (Phi) is 5.66. The number of carbonyl (C=O) groups is 1. The Morgan fingerprint density at radius 3 is 2.63 bits per heavy atom. The zero-order valence-corrected chi connectivity index (χ0v) is 15.8. The van der Waals surface area contributed by atoms with Crippen LogP contribution >= 0.6 is 23.2 Å². The quantitative estimate of drug-likeness (QED) is 0.454. The van der Waals surface area contributed by atoms with Crippen molar-refractivity contribution in [3.63, 3.8) is 0 Å². The molecule has 0 aromatic heterocycles. The van der Waals surface area contributed by atoms with Gasteiger partial charge in [-0.15, -0.1) is 0 Å². The smallest absolute Gasteiger partial charge is 0.266 e. The summed E-state index contributed by atoms with van der Waals surface area (Å²) in [5, 5.41) is 14.5. The lowest BCUT2D eigenvalue weighted by Gasteiger charge is -2.10. The van der Waals surface area contributed by atoms with Crippen LogP contribution in [-0.2, 0) is 4.79 Å². The van der Waals surface area contributed by atoms with Crippen LogP contribution in [-0.4, -0.2) is 13.0 Å². The van der Waals surface area contributed by atoms with Gasteiger partial charge in [0.1, 0.15) is 17.4 Å². The van der Waals surface area contributed by atoms with Crippen LogP contribution in [0, 0.1) is 11.3 Å². The zero-order valence-electron chi connectivity index (χ0n) is 14.3. The van der Waals surface area contributed by atoms with Gasteiger partial charge >= 0.3 is 0 Å². The van der Waals surface area contributed by atoms with Gasteiger partial charge in [0.25, 0.3) is 5.91 Å². The third-order valence-corrected chi connectivity index (χ3v) is 4.82. The number of nitriles is 1. The van der Waals surface area contributed by atoms with Crippen molar-refractivity contribution in [2.75, 3.05) is 12.4 Å². The number of hydrogen-bond donors (Lipinski definition) is 1. The van der Waals surface area contributed by atoms with Crippen LogP contribution in [0.2, 0.25) is 10.0 Å². The molecule has 0 bridgehead atoms. The fourth-order valence-corrected chi connectivity index (χ4v) is 3.03. The molecule has 1 N–H and O–H groups in total. The molecule has 0 aliphatic heterocycles. The summed E-state index contributed by atoms with van der Waals surface area (Å²) in [6.45, 7) is 0. The van der Waals surface area contributed by atoms with Crippen molar-refractivity contribution in [1.82, 2.24) is 0 Å². The number of amides is 1. The second-order valence-corrected chi connectivity index (χ2v) is 6.41. The van der Waals surface area contributed by atoms with Crippen LogP contribution in [0.3, 0.4) is 0 Å². The van der Waals surface area contributed by atoms with Crippen LogP contribution in [0.1, 0.15) is 5.56 Å². The SMILES string of the molecule is COc1ccc2ccccc2c1C=C(C#N)C(=O)Nc1cccc(Cl)c1Cl. The average Bonchev–Trinajstić information content (AvgIpc) is 2.69. The highest BCUT2D eigenvalue weighted by atomic mass is 35.5. The fraction of sp³-hybridized carbons (Fsp3) is 0.0476. The number of halogens is 2. The van der Waals surface area contributed by atoms with E-state index in [1.54, 1.807) is 31.4 Å². The van der Waals surface area contributed by atoms with E-state index >= 15 is 0 Å². The van der Waals surface area contributed by atoms with E-state index in [1.807, 2.05) is 36.4 Å². The zero-order chi connectivity index (χ0) is 19.4. The monoisotopic (exact) mass is 396 g/mol. The summed E-state index contributed by atoms with van der Waals surface area (Å²) < 4.78 is 5.41. The van der Waals surface area contributed by atoms with Gasteiger partial charge in [-0.2, -0.15) is 5.26 Å². The van der Waals surface area contributed by atoms with Gasteiger partial charge in [0.2, 0.25) is 0 Å². The standard InChI is InChI=1S/C21H14Cl2N2O2/c1-27-19-10-9-13-5-2-3-6-15(13)16(19)11-14(12-24)21(26)25-18-8-4-7-17(22)20(18)23/h2-11H,1H3,(H,25,26). The third kappa shape index (κ3) is 3.90.